The lowest BCUT2D eigenvalue weighted by molar-refractivity contribution is 0.397. The third-order valence-electron chi connectivity index (χ3n) is 2.72. The summed E-state index contributed by atoms with van der Waals surface area (Å²) in [6.45, 7) is 0.581. The number of nitriles is 1. The van der Waals surface area contributed by atoms with Crippen LogP contribution in [-0.4, -0.2) is 12.1 Å². The fourth-order valence-electron chi connectivity index (χ4n) is 1.69. The molecule has 19 heavy (non-hydrogen) atoms. The van der Waals surface area contributed by atoms with Crippen LogP contribution in [-0.2, 0) is 6.54 Å². The van der Waals surface area contributed by atoms with Gasteiger partial charge in [0.05, 0.1) is 24.0 Å². The zero-order valence-electron chi connectivity index (χ0n) is 10.6. The van der Waals surface area contributed by atoms with Crippen LogP contribution < -0.4 is 15.8 Å². The van der Waals surface area contributed by atoms with Crippen molar-refractivity contribution in [2.75, 3.05) is 18.2 Å². The number of pyridine rings is 1. The summed E-state index contributed by atoms with van der Waals surface area (Å²) in [7, 11) is 1.58. The van der Waals surface area contributed by atoms with Gasteiger partial charge in [0.25, 0.3) is 0 Å². The molecule has 0 saturated carbocycles. The monoisotopic (exact) mass is 254 g/mol. The molecule has 0 unspecified atom stereocenters. The maximum absolute atomic E-state index is 8.91. The summed E-state index contributed by atoms with van der Waals surface area (Å²) in [5.41, 5.74) is 8.59. The van der Waals surface area contributed by atoms with Crippen LogP contribution >= 0.6 is 0 Å². The zero-order valence-corrected chi connectivity index (χ0v) is 10.6. The quantitative estimate of drug-likeness (QED) is 0.817. The SMILES string of the molecule is COc1cc(CNc2cccc(C#N)c2N)ccn1. The minimum absolute atomic E-state index is 0.464. The van der Waals surface area contributed by atoms with Crippen molar-refractivity contribution in [1.29, 1.82) is 5.26 Å². The lowest BCUT2D eigenvalue weighted by atomic mass is 10.1. The van der Waals surface area contributed by atoms with Gasteiger partial charge in [-0.25, -0.2) is 4.98 Å². The van der Waals surface area contributed by atoms with Crippen LogP contribution in [0.3, 0.4) is 0 Å². The standard InChI is InChI=1S/C14H14N4O/c1-19-13-7-10(5-6-17-13)9-18-12-4-2-3-11(8-15)14(12)16/h2-7,18H,9,16H2,1H3. The number of nitrogens with two attached hydrogens (primary N) is 1. The Kier molecular flexibility index (Phi) is 3.84. The van der Waals surface area contributed by atoms with Crippen LogP contribution in [0.5, 0.6) is 5.88 Å². The summed E-state index contributed by atoms with van der Waals surface area (Å²) in [5, 5.41) is 12.1. The molecule has 0 amide bonds. The van der Waals surface area contributed by atoms with E-state index in [1.165, 1.54) is 0 Å². The molecular weight excluding hydrogens is 240 g/mol. The minimum Gasteiger partial charge on any atom is -0.481 e. The first kappa shape index (κ1) is 12.7. The Balaban J connectivity index is 2.12. The molecule has 96 valence electrons. The van der Waals surface area contributed by atoms with E-state index in [1.54, 1.807) is 25.4 Å². The summed E-state index contributed by atoms with van der Waals surface area (Å²) >= 11 is 0. The number of rotatable bonds is 4. The molecular formula is C14H14N4O. The van der Waals surface area contributed by atoms with Gasteiger partial charge >= 0.3 is 0 Å². The number of methoxy groups -OCH3 is 1. The number of anilines is 2. The van der Waals surface area contributed by atoms with Gasteiger partial charge in [-0.2, -0.15) is 5.26 Å². The predicted octanol–water partition coefficient (Wildman–Crippen LogP) is 2.16. The molecule has 1 heterocycles. The molecule has 0 aliphatic carbocycles. The number of nitrogens with zero attached hydrogens (tertiary/aromatic N) is 2. The first-order chi connectivity index (χ1) is 9.24. The highest BCUT2D eigenvalue weighted by molar-refractivity contribution is 5.72. The molecule has 2 aromatic rings. The molecule has 2 rings (SSSR count). The second-order valence-electron chi connectivity index (χ2n) is 3.94. The largest absolute Gasteiger partial charge is 0.481 e. The summed E-state index contributed by atoms with van der Waals surface area (Å²) in [4.78, 5) is 4.04. The van der Waals surface area contributed by atoms with Gasteiger partial charge in [-0.15, -0.1) is 0 Å². The van der Waals surface area contributed by atoms with Gasteiger partial charge in [-0.1, -0.05) is 6.07 Å². The molecule has 0 radical (unpaired) electrons. The van der Waals surface area contributed by atoms with Crippen molar-refractivity contribution >= 4 is 11.4 Å². The van der Waals surface area contributed by atoms with Crippen molar-refractivity contribution in [2.45, 2.75) is 6.54 Å². The molecule has 5 heteroatoms. The van der Waals surface area contributed by atoms with Gasteiger partial charge in [0.15, 0.2) is 0 Å². The number of aromatic nitrogens is 1. The molecule has 5 nitrogen and oxygen atoms in total. The maximum Gasteiger partial charge on any atom is 0.213 e. The molecule has 0 saturated heterocycles. The molecule has 3 N–H and O–H groups in total. The summed E-state index contributed by atoms with van der Waals surface area (Å²) in [5.74, 6) is 0.568. The van der Waals surface area contributed by atoms with Gasteiger partial charge < -0.3 is 15.8 Å². The Morgan fingerprint density at radius 1 is 1.42 bits per heavy atom. The molecule has 1 aromatic heterocycles. The van der Waals surface area contributed by atoms with Gasteiger partial charge in [0, 0.05) is 18.8 Å². The first-order valence-corrected chi connectivity index (χ1v) is 5.76. The van der Waals surface area contributed by atoms with Crippen LogP contribution in [0.15, 0.2) is 36.5 Å². The molecule has 0 bridgehead atoms. The number of benzene rings is 1. The Labute approximate surface area is 111 Å². The molecule has 0 fully saturated rings. The van der Waals surface area contributed by atoms with E-state index in [4.69, 9.17) is 15.7 Å². The third kappa shape index (κ3) is 2.93. The zero-order chi connectivity index (χ0) is 13.7. The van der Waals surface area contributed by atoms with Crippen molar-refractivity contribution in [2.24, 2.45) is 0 Å². The fourth-order valence-corrected chi connectivity index (χ4v) is 1.69. The van der Waals surface area contributed by atoms with Gasteiger partial charge in [-0.3, -0.25) is 0 Å². The van der Waals surface area contributed by atoms with Crippen molar-refractivity contribution in [3.8, 4) is 11.9 Å². The molecule has 1 aromatic carbocycles. The predicted molar refractivity (Wildman–Crippen MR) is 73.7 cm³/mol. The number of nitrogen functional groups attached to an aromatic ring is 1. The maximum atomic E-state index is 8.91. The average molecular weight is 254 g/mol. The minimum atomic E-state index is 0.464. The second-order valence-corrected chi connectivity index (χ2v) is 3.94. The van der Waals surface area contributed by atoms with E-state index in [0.717, 1.165) is 11.3 Å². The Hall–Kier alpha value is -2.74. The van der Waals surface area contributed by atoms with E-state index in [0.29, 0.717) is 23.7 Å². The van der Waals surface area contributed by atoms with E-state index in [9.17, 15) is 0 Å². The van der Waals surface area contributed by atoms with E-state index in [1.807, 2.05) is 18.2 Å². The highest BCUT2D eigenvalue weighted by Gasteiger charge is 2.04. The highest BCUT2D eigenvalue weighted by atomic mass is 16.5. The van der Waals surface area contributed by atoms with E-state index >= 15 is 0 Å². The Morgan fingerprint density at radius 2 is 2.26 bits per heavy atom. The van der Waals surface area contributed by atoms with Crippen LogP contribution in [0.1, 0.15) is 11.1 Å². The third-order valence-corrected chi connectivity index (χ3v) is 2.72. The second kappa shape index (κ2) is 5.74. The van der Waals surface area contributed by atoms with Crippen LogP contribution in [0.2, 0.25) is 0 Å². The van der Waals surface area contributed by atoms with Crippen molar-refractivity contribution in [3.05, 3.63) is 47.7 Å². The number of nitrogens with one attached hydrogen (secondary N) is 1. The smallest absolute Gasteiger partial charge is 0.213 e. The molecule has 0 spiro atoms. The number of ether oxygens (including phenoxy) is 1. The molecule has 0 aliphatic heterocycles. The van der Waals surface area contributed by atoms with Crippen LogP contribution in [0.25, 0.3) is 0 Å². The number of hydrogen-bond donors (Lipinski definition) is 2. The van der Waals surface area contributed by atoms with Gasteiger partial charge in [-0.05, 0) is 23.8 Å². The van der Waals surface area contributed by atoms with Crippen molar-refractivity contribution in [3.63, 3.8) is 0 Å². The normalized spacial score (nSPS) is 9.68. The van der Waals surface area contributed by atoms with E-state index < -0.39 is 0 Å². The molecule has 0 aliphatic rings. The lowest BCUT2D eigenvalue weighted by Crippen LogP contribution is -2.04. The Morgan fingerprint density at radius 3 is 3.00 bits per heavy atom. The van der Waals surface area contributed by atoms with Crippen LogP contribution in [0.4, 0.5) is 11.4 Å². The Bertz CT molecular complexity index is 619. The average Bonchev–Trinajstić information content (AvgIpc) is 2.46. The number of para-hydroxylation sites is 1. The van der Waals surface area contributed by atoms with E-state index in [-0.39, 0.29) is 0 Å². The van der Waals surface area contributed by atoms with Crippen LogP contribution in [0, 0.1) is 11.3 Å². The highest BCUT2D eigenvalue weighted by Crippen LogP contribution is 2.22. The summed E-state index contributed by atoms with van der Waals surface area (Å²) in [6.07, 6.45) is 1.69. The molecule has 0 atom stereocenters. The lowest BCUT2D eigenvalue weighted by Gasteiger charge is -2.10. The van der Waals surface area contributed by atoms with Gasteiger partial charge in [0.1, 0.15) is 6.07 Å². The number of hydrogen-bond acceptors (Lipinski definition) is 5. The van der Waals surface area contributed by atoms with Gasteiger partial charge in [0.2, 0.25) is 5.88 Å². The topological polar surface area (TPSA) is 84.0 Å². The summed E-state index contributed by atoms with van der Waals surface area (Å²) in [6, 6.07) is 11.1. The van der Waals surface area contributed by atoms with Crippen molar-refractivity contribution < 1.29 is 4.74 Å². The first-order valence-electron chi connectivity index (χ1n) is 5.76. The fraction of sp³-hybridized carbons (Fsp3) is 0.143. The van der Waals surface area contributed by atoms with Crippen molar-refractivity contribution in [1.82, 2.24) is 4.98 Å². The summed E-state index contributed by atoms with van der Waals surface area (Å²) < 4.78 is 5.06. The van der Waals surface area contributed by atoms with E-state index in [2.05, 4.69) is 16.4 Å².